The quantitative estimate of drug-likeness (QED) is 0.0770. The average Bonchev–Trinajstić information content (AvgIpc) is 1.59. The molecule has 1 fully saturated rings. The number of rotatable bonds is 17. The van der Waals surface area contributed by atoms with Gasteiger partial charge in [-0.1, -0.05) is 18.9 Å². The number of fused-ring (bicyclic) bond motifs is 3. The van der Waals surface area contributed by atoms with Crippen LogP contribution in [0.25, 0.3) is 55.3 Å². The van der Waals surface area contributed by atoms with Crippen LogP contribution in [0.15, 0.2) is 120 Å². The molecule has 1 saturated carbocycles. The minimum atomic E-state index is -3.52. The summed E-state index contributed by atoms with van der Waals surface area (Å²) in [4.78, 5) is 38.2. The lowest BCUT2D eigenvalue weighted by atomic mass is 9.94. The molecule has 3 amide bonds. The smallest absolute Gasteiger partial charge is 0.270 e. The third-order valence-corrected chi connectivity index (χ3v) is 20.3. The maximum absolute atomic E-state index is 13.5. The normalized spacial score (nSPS) is 13.5. The number of aromatic nitrogens is 6. The molecule has 3 aromatic heterocycles. The van der Waals surface area contributed by atoms with Crippen molar-refractivity contribution in [1.29, 1.82) is 0 Å². The lowest BCUT2D eigenvalue weighted by Crippen LogP contribution is -2.30. The number of benzene rings is 6. The molecule has 2 aliphatic carbocycles. The fourth-order valence-corrected chi connectivity index (χ4v) is 15.4. The van der Waals surface area contributed by atoms with Crippen molar-refractivity contribution in [3.8, 4) is 17.1 Å². The number of hydrogen-bond acceptors (Lipinski definition) is 12. The van der Waals surface area contributed by atoms with Crippen molar-refractivity contribution in [1.82, 2.24) is 45.3 Å². The van der Waals surface area contributed by atoms with E-state index in [0.717, 1.165) is 67.9 Å². The molecule has 0 saturated heterocycles. The summed E-state index contributed by atoms with van der Waals surface area (Å²) < 4.78 is 124. The first-order chi connectivity index (χ1) is 43.6. The van der Waals surface area contributed by atoms with E-state index in [-0.39, 0.29) is 48.2 Å². The molecule has 0 aliphatic heterocycles. The minimum Gasteiger partial charge on any atom is -0.354 e. The van der Waals surface area contributed by atoms with Gasteiger partial charge in [-0.05, 0) is 195 Å². The highest BCUT2D eigenvalue weighted by molar-refractivity contribution is 9.10. The molecule has 9 aromatic rings. The van der Waals surface area contributed by atoms with Gasteiger partial charge in [0.25, 0.3) is 17.7 Å². The Balaban J connectivity index is 0.000000164. The molecule has 11 rings (SSSR count). The highest BCUT2D eigenvalue weighted by atomic mass is 79.9. The monoisotopic (exact) mass is 1380 g/mol. The van der Waals surface area contributed by atoms with E-state index < -0.39 is 41.7 Å². The molecule has 3 heterocycles. The first-order valence-corrected chi connectivity index (χ1v) is 35.9. The number of allylic oxidation sites excluding steroid dienone is 2. The standard InChI is InChI=1S/C23H27FN4O3S.C23H25FN4O3S.C18H18BrFN4O3S/c2*1-4-27(32(3,30)31)21-14-20-19(13-18(21)15-7-5-6-8-15)22(23(29)25-2)28(26-20)17-11-9-16(24)10-12-17;1-4-23(28(3,26)27)16-10-15-13(9-14(16)19)17(18(25)21-2)24(22-15)12-7-5-11(20)6-8-12/h9-15H,4-8H2,1-3H3,(H,25,29);7,9-14H,4-6,8H2,1-3H3,(H,25,29);5-10H,4H2,1-3H3,(H,21,25). The Hall–Kier alpha value is -8.60. The molecular weight excluding hydrogens is 1310 g/mol. The van der Waals surface area contributed by atoms with Crippen LogP contribution < -0.4 is 28.9 Å². The second-order valence-corrected chi connectivity index (χ2v) is 28.5. The van der Waals surface area contributed by atoms with Crippen molar-refractivity contribution in [2.75, 3.05) is 72.5 Å². The summed E-state index contributed by atoms with van der Waals surface area (Å²) in [5.74, 6) is -2.00. The largest absolute Gasteiger partial charge is 0.354 e. The first-order valence-electron chi connectivity index (χ1n) is 29.6. The molecule has 3 N–H and O–H groups in total. The third kappa shape index (κ3) is 14.1. The lowest BCUT2D eigenvalue weighted by molar-refractivity contribution is 0.0949. The Labute approximate surface area is 540 Å². The van der Waals surface area contributed by atoms with E-state index in [1.54, 1.807) is 76.3 Å². The zero-order valence-corrected chi connectivity index (χ0v) is 56.1. The molecule has 21 nitrogen and oxygen atoms in total. The SMILES string of the molecule is CCN(c1cc2nn(-c3ccc(F)cc3)c(C(=O)NC)c2cc1Br)S(C)(=O)=O.CCN(c1cc2nn(-c3ccc(F)cc3)c(C(=O)NC)c2cc1C1=CCCC1)S(C)(=O)=O.CCN(c1cc2nn(-c3ccc(F)cc3)c(C(=O)NC)c2cc1C1CCCC1)S(C)(=O)=O. The van der Waals surface area contributed by atoms with Gasteiger partial charge in [0.15, 0.2) is 0 Å². The van der Waals surface area contributed by atoms with E-state index in [2.05, 4.69) is 53.3 Å². The zero-order chi connectivity index (χ0) is 66.7. The van der Waals surface area contributed by atoms with Crippen LogP contribution in [-0.2, 0) is 30.1 Å². The molecule has 92 heavy (non-hydrogen) atoms. The van der Waals surface area contributed by atoms with Crippen molar-refractivity contribution < 1.29 is 52.8 Å². The first kappa shape index (κ1) is 67.8. The number of carbonyl (C=O) groups is 3. The maximum atomic E-state index is 13.5. The van der Waals surface area contributed by atoms with Crippen LogP contribution in [0.2, 0.25) is 0 Å². The van der Waals surface area contributed by atoms with Gasteiger partial charge in [-0.2, -0.15) is 15.3 Å². The van der Waals surface area contributed by atoms with Gasteiger partial charge >= 0.3 is 0 Å². The van der Waals surface area contributed by atoms with Crippen LogP contribution in [-0.4, -0.2) is 132 Å². The summed E-state index contributed by atoms with van der Waals surface area (Å²) in [6, 6.07) is 27.6. The van der Waals surface area contributed by atoms with E-state index in [4.69, 9.17) is 0 Å². The predicted octanol–water partition coefficient (Wildman–Crippen LogP) is 10.9. The number of carbonyl (C=O) groups excluding carboxylic acids is 3. The second-order valence-electron chi connectivity index (χ2n) is 22.0. The van der Waals surface area contributed by atoms with Crippen LogP contribution in [0.3, 0.4) is 0 Å². The van der Waals surface area contributed by atoms with Gasteiger partial charge in [0.2, 0.25) is 30.1 Å². The number of nitrogens with one attached hydrogen (secondary N) is 3. The van der Waals surface area contributed by atoms with Crippen molar-refractivity contribution in [3.05, 3.63) is 165 Å². The average molecular weight is 1380 g/mol. The van der Waals surface area contributed by atoms with Gasteiger partial charge in [-0.25, -0.2) is 52.5 Å². The van der Waals surface area contributed by atoms with Gasteiger partial charge in [-0.15, -0.1) is 0 Å². The molecular formula is C64H70BrF3N12O9S3. The van der Waals surface area contributed by atoms with Crippen molar-refractivity contribution in [3.63, 3.8) is 0 Å². The summed E-state index contributed by atoms with van der Waals surface area (Å²) in [5, 5.41) is 23.4. The summed E-state index contributed by atoms with van der Waals surface area (Å²) in [5.41, 5.74) is 8.24. The number of anilines is 3. The highest BCUT2D eigenvalue weighted by Gasteiger charge is 2.31. The molecule has 6 aromatic carbocycles. The second kappa shape index (κ2) is 27.7. The lowest BCUT2D eigenvalue weighted by Gasteiger charge is -2.26. The molecule has 28 heteroatoms. The Morgan fingerprint density at radius 2 is 0.859 bits per heavy atom. The summed E-state index contributed by atoms with van der Waals surface area (Å²) in [6.45, 7) is 6.12. The Morgan fingerprint density at radius 3 is 1.22 bits per heavy atom. The van der Waals surface area contributed by atoms with E-state index in [9.17, 15) is 52.8 Å². The number of sulfonamides is 3. The van der Waals surface area contributed by atoms with Gasteiger partial charge < -0.3 is 16.0 Å². The van der Waals surface area contributed by atoms with Gasteiger partial charge in [-0.3, -0.25) is 27.3 Å². The van der Waals surface area contributed by atoms with Gasteiger partial charge in [0.1, 0.15) is 34.5 Å². The fraction of sp³-hybridized carbons (Fsp3) is 0.312. The van der Waals surface area contributed by atoms with E-state index >= 15 is 0 Å². The number of nitrogens with zero attached hydrogens (tertiary/aromatic N) is 9. The van der Waals surface area contributed by atoms with Crippen molar-refractivity contribution >= 4 is 119 Å². The van der Waals surface area contributed by atoms with Crippen LogP contribution in [0.4, 0.5) is 30.2 Å². The molecule has 2 aliphatic rings. The Morgan fingerprint density at radius 1 is 0.511 bits per heavy atom. The fourth-order valence-electron chi connectivity index (χ4n) is 11.8. The molecule has 0 bridgehead atoms. The van der Waals surface area contributed by atoms with Crippen molar-refractivity contribution in [2.24, 2.45) is 0 Å². The van der Waals surface area contributed by atoms with E-state index in [0.29, 0.717) is 89.2 Å². The third-order valence-electron chi connectivity index (χ3n) is 15.9. The van der Waals surface area contributed by atoms with Gasteiger partial charge in [0, 0.05) is 67.0 Å². The van der Waals surface area contributed by atoms with Crippen molar-refractivity contribution in [2.45, 2.75) is 71.6 Å². The molecule has 0 unspecified atom stereocenters. The van der Waals surface area contributed by atoms with Gasteiger partial charge in [0.05, 0.1) is 69.4 Å². The van der Waals surface area contributed by atoms with Crippen LogP contribution >= 0.6 is 15.9 Å². The summed E-state index contributed by atoms with van der Waals surface area (Å²) in [7, 11) is -5.92. The summed E-state index contributed by atoms with van der Waals surface area (Å²) in [6.07, 6.45) is 12.5. The molecule has 486 valence electrons. The minimum absolute atomic E-state index is 0.219. The van der Waals surface area contributed by atoms with E-state index in [1.165, 1.54) is 102 Å². The van der Waals surface area contributed by atoms with Crippen LogP contribution in [0.5, 0.6) is 0 Å². The predicted molar refractivity (Wildman–Crippen MR) is 358 cm³/mol. The molecule has 0 radical (unpaired) electrons. The Bertz CT molecular complexity index is 4690. The van der Waals surface area contributed by atoms with E-state index in [1.807, 2.05) is 12.1 Å². The topological polar surface area (TPSA) is 253 Å². The van der Waals surface area contributed by atoms with Crippen LogP contribution in [0, 0.1) is 17.5 Å². The number of hydrogen-bond donors (Lipinski definition) is 3. The Kier molecular flexibility index (Phi) is 20.4. The zero-order valence-electron chi connectivity index (χ0n) is 52.1. The molecule has 0 spiro atoms. The molecule has 0 atom stereocenters. The summed E-state index contributed by atoms with van der Waals surface area (Å²) >= 11 is 3.41. The van der Waals surface area contributed by atoms with Crippen LogP contribution in [0.1, 0.15) is 114 Å². The number of amides is 3. The number of halogens is 4. The maximum Gasteiger partial charge on any atom is 0.270 e. The highest BCUT2D eigenvalue weighted by Crippen LogP contribution is 2.43.